The van der Waals surface area contributed by atoms with Gasteiger partial charge in [0.25, 0.3) is 0 Å². The molecule has 1 saturated carbocycles. The molecule has 4 rings (SSSR count). The summed E-state index contributed by atoms with van der Waals surface area (Å²) in [5.41, 5.74) is 1.16. The average molecular weight is 541 g/mol. The highest BCUT2D eigenvalue weighted by Gasteiger charge is 2.25. The van der Waals surface area contributed by atoms with Gasteiger partial charge in [-0.15, -0.1) is 24.0 Å². The normalized spacial score (nSPS) is 19.8. The molecule has 3 aliphatic rings. The molecule has 0 unspecified atom stereocenters. The van der Waals surface area contributed by atoms with E-state index in [1.807, 2.05) is 18.0 Å². The van der Waals surface area contributed by atoms with Crippen molar-refractivity contribution in [1.29, 1.82) is 0 Å². The van der Waals surface area contributed by atoms with Crippen molar-refractivity contribution < 1.29 is 9.53 Å². The van der Waals surface area contributed by atoms with E-state index in [1.54, 1.807) is 0 Å². The minimum Gasteiger partial charge on any atom is -0.493 e. The number of benzene rings is 1. The molecule has 7 nitrogen and oxygen atoms in total. The summed E-state index contributed by atoms with van der Waals surface area (Å²) in [5, 5.41) is 3.50. The van der Waals surface area contributed by atoms with Gasteiger partial charge in [-0.25, -0.2) is 0 Å². The van der Waals surface area contributed by atoms with Gasteiger partial charge in [0.2, 0.25) is 5.91 Å². The summed E-state index contributed by atoms with van der Waals surface area (Å²) >= 11 is 0. The van der Waals surface area contributed by atoms with Crippen molar-refractivity contribution in [3.8, 4) is 5.75 Å². The Kier molecular flexibility index (Phi) is 9.25. The quantitative estimate of drug-likeness (QED) is 0.327. The lowest BCUT2D eigenvalue weighted by Crippen LogP contribution is -2.54. The number of piperazine rings is 1. The van der Waals surface area contributed by atoms with E-state index < -0.39 is 0 Å². The maximum absolute atomic E-state index is 12.4. The Balaban J connectivity index is 0.00000272. The highest BCUT2D eigenvalue weighted by atomic mass is 127. The van der Waals surface area contributed by atoms with Gasteiger partial charge in [-0.2, -0.15) is 0 Å². The van der Waals surface area contributed by atoms with Gasteiger partial charge in [-0.1, -0.05) is 18.2 Å². The number of hydrogen-bond acceptors (Lipinski definition) is 4. The summed E-state index contributed by atoms with van der Waals surface area (Å²) in [6.07, 6.45) is 4.89. The molecule has 0 atom stereocenters. The van der Waals surface area contributed by atoms with Crippen molar-refractivity contribution in [2.24, 2.45) is 10.9 Å². The Morgan fingerprint density at radius 2 is 1.77 bits per heavy atom. The first-order valence-electron chi connectivity index (χ1n) is 11.4. The first kappa shape index (κ1) is 24.1. The first-order chi connectivity index (χ1) is 14.7. The average Bonchev–Trinajstić information content (AvgIpc) is 3.44. The largest absolute Gasteiger partial charge is 0.493 e. The van der Waals surface area contributed by atoms with Crippen LogP contribution < -0.4 is 10.1 Å². The number of nitrogens with zero attached hydrogens (tertiary/aromatic N) is 4. The number of ether oxygens (including phenoxy) is 1. The van der Waals surface area contributed by atoms with Crippen LogP contribution in [0.3, 0.4) is 0 Å². The molecule has 1 amide bonds. The molecule has 0 bridgehead atoms. The predicted molar refractivity (Wildman–Crippen MR) is 134 cm³/mol. The molecule has 3 fully saturated rings. The highest BCUT2D eigenvalue weighted by molar-refractivity contribution is 14.0. The molecule has 31 heavy (non-hydrogen) atoms. The number of para-hydroxylation sites is 1. The summed E-state index contributed by atoms with van der Waals surface area (Å²) in [6, 6.07) is 8.26. The number of amides is 1. The number of aliphatic imine (C=N–C) groups is 1. The van der Waals surface area contributed by atoms with Crippen LogP contribution in [-0.2, 0) is 11.3 Å². The highest BCUT2D eigenvalue weighted by Crippen LogP contribution is 2.30. The van der Waals surface area contributed by atoms with Crippen LogP contribution in [0.4, 0.5) is 0 Å². The molecule has 2 aliphatic heterocycles. The number of nitrogens with one attached hydrogen (secondary N) is 1. The molecule has 0 radical (unpaired) electrons. The lowest BCUT2D eigenvalue weighted by atomic mass is 10.2. The van der Waals surface area contributed by atoms with Crippen molar-refractivity contribution in [3.05, 3.63) is 29.8 Å². The zero-order valence-electron chi connectivity index (χ0n) is 18.6. The van der Waals surface area contributed by atoms with Crippen LogP contribution in [0.2, 0.25) is 0 Å². The van der Waals surface area contributed by atoms with Crippen LogP contribution in [0.15, 0.2) is 29.3 Å². The molecule has 1 aromatic carbocycles. The number of guanidine groups is 1. The Labute approximate surface area is 203 Å². The standard InChI is InChI=1S/C23H35N5O2.HI/c1-24-23(25-16-20-6-2-3-7-21(20)30-18-19-8-9-19)28-14-12-26(13-15-28)17-22(29)27-10-4-5-11-27;/h2-3,6-7,19H,4-5,8-18H2,1H3,(H,24,25);1H. The van der Waals surface area contributed by atoms with Crippen LogP contribution in [0.5, 0.6) is 5.75 Å². The number of likely N-dealkylation sites (tertiary alicyclic amines) is 1. The number of halogens is 1. The van der Waals surface area contributed by atoms with E-state index in [1.165, 1.54) is 12.8 Å². The molecule has 172 valence electrons. The van der Waals surface area contributed by atoms with Gasteiger partial charge in [0.15, 0.2) is 5.96 Å². The topological polar surface area (TPSA) is 60.4 Å². The summed E-state index contributed by atoms with van der Waals surface area (Å²) in [5.74, 6) is 2.91. The molecule has 2 heterocycles. The maximum Gasteiger partial charge on any atom is 0.236 e. The van der Waals surface area contributed by atoms with Crippen molar-refractivity contribution in [2.75, 3.05) is 59.5 Å². The molecule has 1 aromatic rings. The van der Waals surface area contributed by atoms with Gasteiger partial charge in [-0.05, 0) is 37.7 Å². The van der Waals surface area contributed by atoms with Crippen molar-refractivity contribution in [1.82, 2.24) is 20.0 Å². The second kappa shape index (κ2) is 11.9. The van der Waals surface area contributed by atoms with E-state index in [0.29, 0.717) is 13.1 Å². The third kappa shape index (κ3) is 6.97. The van der Waals surface area contributed by atoms with E-state index in [0.717, 1.165) is 81.9 Å². The molecular formula is C23H36IN5O2. The van der Waals surface area contributed by atoms with Crippen LogP contribution in [0, 0.1) is 5.92 Å². The number of carbonyl (C=O) groups excluding carboxylic acids is 1. The van der Waals surface area contributed by atoms with Gasteiger partial charge in [0, 0.05) is 58.4 Å². The number of carbonyl (C=O) groups is 1. The van der Waals surface area contributed by atoms with Gasteiger partial charge in [0.1, 0.15) is 5.75 Å². The molecule has 2 saturated heterocycles. The minimum absolute atomic E-state index is 0. The Hall–Kier alpha value is -1.55. The fraction of sp³-hybridized carbons (Fsp3) is 0.652. The first-order valence-corrected chi connectivity index (χ1v) is 11.4. The van der Waals surface area contributed by atoms with Crippen molar-refractivity contribution >= 4 is 35.8 Å². The molecular weight excluding hydrogens is 505 g/mol. The monoisotopic (exact) mass is 541 g/mol. The lowest BCUT2D eigenvalue weighted by molar-refractivity contribution is -0.131. The van der Waals surface area contributed by atoms with E-state index in [4.69, 9.17) is 4.74 Å². The Morgan fingerprint density at radius 1 is 1.06 bits per heavy atom. The molecule has 0 aromatic heterocycles. The lowest BCUT2D eigenvalue weighted by Gasteiger charge is -2.36. The minimum atomic E-state index is 0. The van der Waals surface area contributed by atoms with E-state index in [-0.39, 0.29) is 29.9 Å². The van der Waals surface area contributed by atoms with E-state index >= 15 is 0 Å². The number of hydrogen-bond donors (Lipinski definition) is 1. The fourth-order valence-corrected chi connectivity index (χ4v) is 4.17. The van der Waals surface area contributed by atoms with Gasteiger partial charge in [-0.3, -0.25) is 14.7 Å². The summed E-state index contributed by atoms with van der Waals surface area (Å²) in [7, 11) is 1.83. The molecule has 1 N–H and O–H groups in total. The molecule has 8 heteroatoms. The maximum atomic E-state index is 12.4. The van der Waals surface area contributed by atoms with Crippen LogP contribution in [-0.4, -0.2) is 86.0 Å². The predicted octanol–water partition coefficient (Wildman–Crippen LogP) is 2.41. The van der Waals surface area contributed by atoms with E-state index in [9.17, 15) is 4.79 Å². The summed E-state index contributed by atoms with van der Waals surface area (Å²) < 4.78 is 6.03. The smallest absolute Gasteiger partial charge is 0.236 e. The number of rotatable bonds is 7. The third-order valence-electron chi connectivity index (χ3n) is 6.28. The van der Waals surface area contributed by atoms with E-state index in [2.05, 4.69) is 38.3 Å². The fourth-order valence-electron chi connectivity index (χ4n) is 4.17. The second-order valence-corrected chi connectivity index (χ2v) is 8.61. The summed E-state index contributed by atoms with van der Waals surface area (Å²) in [4.78, 5) is 23.4. The Bertz CT molecular complexity index is 741. The van der Waals surface area contributed by atoms with Crippen LogP contribution >= 0.6 is 24.0 Å². The van der Waals surface area contributed by atoms with Crippen LogP contribution in [0.25, 0.3) is 0 Å². The van der Waals surface area contributed by atoms with Crippen molar-refractivity contribution in [3.63, 3.8) is 0 Å². The second-order valence-electron chi connectivity index (χ2n) is 8.61. The zero-order chi connectivity index (χ0) is 20.8. The SMILES string of the molecule is CN=C(NCc1ccccc1OCC1CC1)N1CCN(CC(=O)N2CCCC2)CC1.I. The third-order valence-corrected chi connectivity index (χ3v) is 6.28. The van der Waals surface area contributed by atoms with Crippen LogP contribution in [0.1, 0.15) is 31.2 Å². The van der Waals surface area contributed by atoms with Gasteiger partial charge < -0.3 is 19.9 Å². The van der Waals surface area contributed by atoms with Gasteiger partial charge >= 0.3 is 0 Å². The molecule has 0 spiro atoms. The van der Waals surface area contributed by atoms with Gasteiger partial charge in [0.05, 0.1) is 13.2 Å². The summed E-state index contributed by atoms with van der Waals surface area (Å²) in [6.45, 7) is 7.47. The van der Waals surface area contributed by atoms with Crippen molar-refractivity contribution in [2.45, 2.75) is 32.2 Å². The Morgan fingerprint density at radius 3 is 2.45 bits per heavy atom. The molecule has 1 aliphatic carbocycles. The zero-order valence-corrected chi connectivity index (χ0v) is 20.9.